The predicted molar refractivity (Wildman–Crippen MR) is 80.9 cm³/mol. The Morgan fingerprint density at radius 1 is 1.24 bits per heavy atom. The Morgan fingerprint density at radius 2 is 1.86 bits per heavy atom. The standard InChI is InChI=1S/C14H19ClO5S/c1-19-11-7-9(10(15)8-12(11)20-2)14(16)13-5-3-4-6-21(13,17)18/h7-8,13-14,16H,3-6H2,1-2H3. The van der Waals surface area contributed by atoms with Crippen molar-refractivity contribution in [1.82, 2.24) is 0 Å². The SMILES string of the molecule is COc1cc(Cl)c(C(O)C2CCCCS2(=O)=O)cc1OC. The molecule has 0 bridgehead atoms. The highest BCUT2D eigenvalue weighted by molar-refractivity contribution is 7.92. The summed E-state index contributed by atoms with van der Waals surface area (Å²) in [5.74, 6) is 0.953. The van der Waals surface area contributed by atoms with Gasteiger partial charge in [0.1, 0.15) is 0 Å². The molecule has 1 fully saturated rings. The van der Waals surface area contributed by atoms with Crippen molar-refractivity contribution in [3.63, 3.8) is 0 Å². The summed E-state index contributed by atoms with van der Waals surface area (Å²) in [4.78, 5) is 0. The number of rotatable bonds is 4. The molecule has 0 spiro atoms. The Bertz CT molecular complexity index is 614. The first-order valence-corrected chi connectivity index (χ1v) is 8.81. The van der Waals surface area contributed by atoms with Crippen LogP contribution in [0.5, 0.6) is 11.5 Å². The maximum atomic E-state index is 12.1. The van der Waals surface area contributed by atoms with Gasteiger partial charge in [-0.3, -0.25) is 0 Å². The van der Waals surface area contributed by atoms with Gasteiger partial charge in [-0.25, -0.2) is 8.42 Å². The van der Waals surface area contributed by atoms with Crippen LogP contribution in [0.15, 0.2) is 12.1 Å². The highest BCUT2D eigenvalue weighted by atomic mass is 35.5. The quantitative estimate of drug-likeness (QED) is 0.915. The third kappa shape index (κ3) is 3.27. The van der Waals surface area contributed by atoms with Crippen LogP contribution in [0, 0.1) is 0 Å². The maximum Gasteiger partial charge on any atom is 0.162 e. The summed E-state index contributed by atoms with van der Waals surface area (Å²) in [6.07, 6.45) is 0.702. The zero-order valence-corrected chi connectivity index (χ0v) is 13.6. The molecule has 1 heterocycles. The minimum absolute atomic E-state index is 0.111. The van der Waals surface area contributed by atoms with Crippen molar-refractivity contribution in [2.45, 2.75) is 30.6 Å². The van der Waals surface area contributed by atoms with E-state index in [0.29, 0.717) is 29.9 Å². The zero-order chi connectivity index (χ0) is 15.6. The van der Waals surface area contributed by atoms with Gasteiger partial charge in [0, 0.05) is 11.6 Å². The van der Waals surface area contributed by atoms with Crippen molar-refractivity contribution < 1.29 is 23.0 Å². The van der Waals surface area contributed by atoms with Crippen molar-refractivity contribution in [3.05, 3.63) is 22.7 Å². The van der Waals surface area contributed by atoms with Crippen LogP contribution in [0.25, 0.3) is 0 Å². The lowest BCUT2D eigenvalue weighted by Crippen LogP contribution is -2.34. The number of halogens is 1. The molecule has 0 saturated carbocycles. The average molecular weight is 335 g/mol. The smallest absolute Gasteiger partial charge is 0.162 e. The van der Waals surface area contributed by atoms with Crippen LogP contribution in [0.4, 0.5) is 0 Å². The van der Waals surface area contributed by atoms with E-state index in [2.05, 4.69) is 0 Å². The second-order valence-corrected chi connectivity index (χ2v) is 7.82. The van der Waals surface area contributed by atoms with Crippen LogP contribution in [-0.2, 0) is 9.84 Å². The molecule has 0 radical (unpaired) electrons. The van der Waals surface area contributed by atoms with Crippen LogP contribution >= 0.6 is 11.6 Å². The molecule has 2 atom stereocenters. The summed E-state index contributed by atoms with van der Waals surface area (Å²) >= 11 is 6.15. The molecule has 0 amide bonds. The van der Waals surface area contributed by atoms with Gasteiger partial charge in [-0.15, -0.1) is 0 Å². The van der Waals surface area contributed by atoms with E-state index in [1.54, 1.807) is 0 Å². The molecule has 0 aliphatic carbocycles. The minimum atomic E-state index is -3.30. The number of aliphatic hydroxyl groups excluding tert-OH is 1. The molecule has 1 aromatic carbocycles. The van der Waals surface area contributed by atoms with Crippen LogP contribution in [0.1, 0.15) is 30.9 Å². The number of sulfone groups is 1. The lowest BCUT2D eigenvalue weighted by Gasteiger charge is -2.27. The third-order valence-corrected chi connectivity index (χ3v) is 6.40. The van der Waals surface area contributed by atoms with Gasteiger partial charge < -0.3 is 14.6 Å². The van der Waals surface area contributed by atoms with Crippen molar-refractivity contribution in [2.24, 2.45) is 0 Å². The molecule has 5 nitrogen and oxygen atoms in total. The van der Waals surface area contributed by atoms with Crippen molar-refractivity contribution >= 4 is 21.4 Å². The Kier molecular flexibility index (Phi) is 5.01. The lowest BCUT2D eigenvalue weighted by atomic mass is 10.0. The normalized spacial score (nSPS) is 22.6. The fourth-order valence-electron chi connectivity index (χ4n) is 2.63. The number of ether oxygens (including phenoxy) is 2. The molecular formula is C14H19ClO5S. The van der Waals surface area contributed by atoms with Gasteiger partial charge in [0.15, 0.2) is 21.3 Å². The Hall–Kier alpha value is -0.980. The van der Waals surface area contributed by atoms with Crippen LogP contribution in [0.3, 0.4) is 0 Å². The highest BCUT2D eigenvalue weighted by Crippen LogP contribution is 2.39. The van der Waals surface area contributed by atoms with E-state index in [0.717, 1.165) is 6.42 Å². The number of aliphatic hydroxyl groups is 1. The van der Waals surface area contributed by atoms with E-state index in [4.69, 9.17) is 21.1 Å². The molecule has 1 aliphatic rings. The van der Waals surface area contributed by atoms with Crippen molar-refractivity contribution in [1.29, 1.82) is 0 Å². The molecule has 2 rings (SSSR count). The highest BCUT2D eigenvalue weighted by Gasteiger charge is 2.36. The fourth-order valence-corrected chi connectivity index (χ4v) is 4.87. The summed E-state index contributed by atoms with van der Waals surface area (Å²) in [5.41, 5.74) is 0.352. The number of methoxy groups -OCH3 is 2. The summed E-state index contributed by atoms with van der Waals surface area (Å²) in [6.45, 7) is 0. The van der Waals surface area contributed by atoms with E-state index < -0.39 is 21.2 Å². The first kappa shape index (κ1) is 16.4. The van der Waals surface area contributed by atoms with Crippen molar-refractivity contribution in [3.8, 4) is 11.5 Å². The molecule has 2 unspecified atom stereocenters. The van der Waals surface area contributed by atoms with Crippen molar-refractivity contribution in [2.75, 3.05) is 20.0 Å². The summed E-state index contributed by atoms with van der Waals surface area (Å²) < 4.78 is 34.6. The lowest BCUT2D eigenvalue weighted by molar-refractivity contribution is 0.164. The largest absolute Gasteiger partial charge is 0.493 e. The second kappa shape index (κ2) is 6.42. The number of hydrogen-bond acceptors (Lipinski definition) is 5. The molecule has 118 valence electrons. The molecular weight excluding hydrogens is 316 g/mol. The Labute approximate surface area is 129 Å². The average Bonchev–Trinajstić information content (AvgIpc) is 2.45. The van der Waals surface area contributed by atoms with Gasteiger partial charge >= 0.3 is 0 Å². The van der Waals surface area contributed by atoms with Crippen LogP contribution in [0.2, 0.25) is 5.02 Å². The first-order valence-electron chi connectivity index (χ1n) is 6.71. The molecule has 21 heavy (non-hydrogen) atoms. The van der Waals surface area contributed by atoms with Gasteiger partial charge in [-0.2, -0.15) is 0 Å². The van der Waals surface area contributed by atoms with Gasteiger partial charge in [0.25, 0.3) is 0 Å². The maximum absolute atomic E-state index is 12.1. The minimum Gasteiger partial charge on any atom is -0.493 e. The van der Waals surface area contributed by atoms with Crippen LogP contribution in [-0.4, -0.2) is 38.7 Å². The second-order valence-electron chi connectivity index (χ2n) is 5.07. The van der Waals surface area contributed by atoms with E-state index in [9.17, 15) is 13.5 Å². The predicted octanol–water partition coefficient (Wildman–Crippen LogP) is 2.36. The molecule has 0 aromatic heterocycles. The van der Waals surface area contributed by atoms with Gasteiger partial charge in [-0.1, -0.05) is 18.0 Å². The van der Waals surface area contributed by atoms with E-state index in [1.807, 2.05) is 0 Å². The summed E-state index contributed by atoms with van der Waals surface area (Å²) in [6, 6.07) is 3.06. The fraction of sp³-hybridized carbons (Fsp3) is 0.571. The van der Waals surface area contributed by atoms with Gasteiger partial charge in [0.05, 0.1) is 36.3 Å². The molecule has 1 N–H and O–H groups in total. The third-order valence-electron chi connectivity index (χ3n) is 3.80. The van der Waals surface area contributed by atoms with Crippen LogP contribution < -0.4 is 9.47 Å². The van der Waals surface area contributed by atoms with E-state index in [-0.39, 0.29) is 10.8 Å². The van der Waals surface area contributed by atoms with Gasteiger partial charge in [0.2, 0.25) is 0 Å². The molecule has 1 saturated heterocycles. The summed E-state index contributed by atoms with van der Waals surface area (Å²) in [5, 5.41) is 9.93. The molecule has 1 aromatic rings. The van der Waals surface area contributed by atoms with E-state index >= 15 is 0 Å². The zero-order valence-electron chi connectivity index (χ0n) is 12.0. The van der Waals surface area contributed by atoms with Gasteiger partial charge in [-0.05, 0) is 18.9 Å². The summed E-state index contributed by atoms with van der Waals surface area (Å²) in [7, 11) is -0.350. The first-order chi connectivity index (χ1) is 9.90. The Balaban J connectivity index is 2.41. The Morgan fingerprint density at radius 3 is 2.43 bits per heavy atom. The monoisotopic (exact) mass is 334 g/mol. The number of benzene rings is 1. The molecule has 7 heteroatoms. The number of hydrogen-bond donors (Lipinski definition) is 1. The molecule has 1 aliphatic heterocycles. The van der Waals surface area contributed by atoms with E-state index in [1.165, 1.54) is 26.4 Å². The topological polar surface area (TPSA) is 72.8 Å².